The average molecular weight is 349 g/mol. The van der Waals surface area contributed by atoms with Crippen LogP contribution in [0.4, 0.5) is 0 Å². The minimum Gasteiger partial charge on any atom is -0.507 e. The molecule has 7 heteroatoms. The molecule has 0 amide bonds. The third kappa shape index (κ3) is 3.13. The third-order valence-electron chi connectivity index (χ3n) is 3.96. The van der Waals surface area contributed by atoms with Crippen molar-refractivity contribution in [3.8, 4) is 11.8 Å². The molecular formula is C19H15N3O4. The maximum absolute atomic E-state index is 12.5. The molecule has 3 aromatic rings. The van der Waals surface area contributed by atoms with Gasteiger partial charge in [0.25, 0.3) is 5.56 Å². The van der Waals surface area contributed by atoms with Crippen LogP contribution < -0.4 is 5.56 Å². The van der Waals surface area contributed by atoms with Gasteiger partial charge >= 0.3 is 5.97 Å². The zero-order valence-corrected chi connectivity index (χ0v) is 14.0. The van der Waals surface area contributed by atoms with Crippen LogP contribution in [0.2, 0.25) is 0 Å². The number of benzene rings is 2. The van der Waals surface area contributed by atoms with Gasteiger partial charge in [0.1, 0.15) is 24.5 Å². The maximum atomic E-state index is 12.5. The quantitative estimate of drug-likeness (QED) is 0.725. The monoisotopic (exact) mass is 349 g/mol. The summed E-state index contributed by atoms with van der Waals surface area (Å²) in [5, 5.41) is 19.3. The average Bonchev–Trinajstić information content (AvgIpc) is 2.64. The molecule has 7 nitrogen and oxygen atoms in total. The van der Waals surface area contributed by atoms with Crippen molar-refractivity contribution in [1.82, 2.24) is 9.55 Å². The van der Waals surface area contributed by atoms with E-state index in [1.807, 2.05) is 6.07 Å². The first kappa shape index (κ1) is 17.2. The lowest BCUT2D eigenvalue weighted by molar-refractivity contribution is 0.0453. The minimum absolute atomic E-state index is 0.0277. The molecule has 1 N–H and O–H groups in total. The zero-order valence-electron chi connectivity index (χ0n) is 14.0. The number of hydrogen-bond acceptors (Lipinski definition) is 6. The number of aromatic hydroxyl groups is 1. The Labute approximate surface area is 148 Å². The molecule has 0 fully saturated rings. The summed E-state index contributed by atoms with van der Waals surface area (Å²) in [6, 6.07) is 13.4. The van der Waals surface area contributed by atoms with E-state index in [1.54, 1.807) is 43.3 Å². The molecule has 0 radical (unpaired) electrons. The van der Waals surface area contributed by atoms with Crippen molar-refractivity contribution in [2.45, 2.75) is 20.1 Å². The fraction of sp³-hybridized carbons (Fsp3) is 0.158. The van der Waals surface area contributed by atoms with Gasteiger partial charge in [-0.2, -0.15) is 5.26 Å². The summed E-state index contributed by atoms with van der Waals surface area (Å²) in [4.78, 5) is 29.1. The van der Waals surface area contributed by atoms with E-state index in [0.717, 1.165) is 0 Å². The van der Waals surface area contributed by atoms with E-state index in [0.29, 0.717) is 16.5 Å². The van der Waals surface area contributed by atoms with Gasteiger partial charge in [-0.15, -0.1) is 0 Å². The van der Waals surface area contributed by atoms with E-state index >= 15 is 0 Å². The third-order valence-corrected chi connectivity index (χ3v) is 3.96. The summed E-state index contributed by atoms with van der Waals surface area (Å²) in [6.45, 7) is 1.16. The molecule has 0 aliphatic heterocycles. The number of aryl methyl sites for hydroxylation is 1. The standard InChI is InChI=1S/C19H15N3O4/c1-12-5-4-7-14(17(12)23)19(25)26-11-16-21-15-8-3-2-6-13(15)18(24)22(16)10-9-20/h2-8,23H,10-11H2,1H3. The van der Waals surface area contributed by atoms with Crippen LogP contribution in [0.5, 0.6) is 5.75 Å². The fourth-order valence-corrected chi connectivity index (χ4v) is 2.59. The van der Waals surface area contributed by atoms with Gasteiger partial charge < -0.3 is 9.84 Å². The molecule has 3 rings (SSSR count). The Hall–Kier alpha value is -3.66. The summed E-state index contributed by atoms with van der Waals surface area (Å²) >= 11 is 0. The SMILES string of the molecule is Cc1cccc(C(=O)OCc2nc3ccccc3c(=O)n2CC#N)c1O. The molecule has 1 aromatic heterocycles. The molecular weight excluding hydrogens is 334 g/mol. The van der Waals surface area contributed by atoms with Gasteiger partial charge in [-0.3, -0.25) is 9.36 Å². The number of esters is 1. The lowest BCUT2D eigenvalue weighted by Crippen LogP contribution is -2.26. The highest BCUT2D eigenvalue weighted by Crippen LogP contribution is 2.22. The first-order valence-electron chi connectivity index (χ1n) is 7.84. The highest BCUT2D eigenvalue weighted by molar-refractivity contribution is 5.92. The van der Waals surface area contributed by atoms with E-state index < -0.39 is 5.97 Å². The largest absolute Gasteiger partial charge is 0.507 e. The normalized spacial score (nSPS) is 10.5. The van der Waals surface area contributed by atoms with Crippen molar-refractivity contribution in [3.63, 3.8) is 0 Å². The number of nitriles is 1. The lowest BCUT2D eigenvalue weighted by Gasteiger charge is -2.12. The van der Waals surface area contributed by atoms with Crippen molar-refractivity contribution in [2.24, 2.45) is 0 Å². The fourth-order valence-electron chi connectivity index (χ4n) is 2.59. The highest BCUT2D eigenvalue weighted by atomic mass is 16.5. The number of phenolic OH excluding ortho intramolecular Hbond substituents is 1. The van der Waals surface area contributed by atoms with Crippen LogP contribution in [0.15, 0.2) is 47.3 Å². The summed E-state index contributed by atoms with van der Waals surface area (Å²) in [5.74, 6) is -0.730. The lowest BCUT2D eigenvalue weighted by atomic mass is 10.1. The van der Waals surface area contributed by atoms with Crippen LogP contribution in [0, 0.1) is 18.3 Å². The molecule has 0 atom stereocenters. The zero-order chi connectivity index (χ0) is 18.7. The Bertz CT molecular complexity index is 1100. The molecule has 0 aliphatic rings. The number of rotatable bonds is 4. The number of carbonyl (C=O) groups is 1. The number of aromatic nitrogens is 2. The first-order valence-corrected chi connectivity index (χ1v) is 7.84. The van der Waals surface area contributed by atoms with E-state index in [2.05, 4.69) is 4.98 Å². The topological polar surface area (TPSA) is 105 Å². The van der Waals surface area contributed by atoms with Gasteiger partial charge in [0.15, 0.2) is 5.82 Å². The molecule has 1 heterocycles. The smallest absolute Gasteiger partial charge is 0.342 e. The van der Waals surface area contributed by atoms with Gasteiger partial charge in [-0.05, 0) is 30.7 Å². The Morgan fingerprint density at radius 2 is 2.04 bits per heavy atom. The Morgan fingerprint density at radius 1 is 1.27 bits per heavy atom. The van der Waals surface area contributed by atoms with E-state index in [1.165, 1.54) is 10.6 Å². The molecule has 0 bridgehead atoms. The number of phenols is 1. The second-order valence-corrected chi connectivity index (χ2v) is 5.64. The van der Waals surface area contributed by atoms with Crippen molar-refractivity contribution in [3.05, 3.63) is 69.8 Å². The predicted molar refractivity (Wildman–Crippen MR) is 93.6 cm³/mol. The van der Waals surface area contributed by atoms with Crippen LogP contribution >= 0.6 is 0 Å². The predicted octanol–water partition coefficient (Wildman–Crippen LogP) is 2.29. The number of ether oxygens (including phenoxy) is 1. The number of para-hydroxylation sites is 2. The second-order valence-electron chi connectivity index (χ2n) is 5.64. The van der Waals surface area contributed by atoms with Crippen molar-refractivity contribution < 1.29 is 14.6 Å². The van der Waals surface area contributed by atoms with Gasteiger partial charge in [-0.1, -0.05) is 24.3 Å². The van der Waals surface area contributed by atoms with Gasteiger partial charge in [0, 0.05) is 0 Å². The molecule has 0 saturated carbocycles. The van der Waals surface area contributed by atoms with Crippen LogP contribution in [-0.4, -0.2) is 20.6 Å². The van der Waals surface area contributed by atoms with E-state index in [9.17, 15) is 14.7 Å². The molecule has 0 unspecified atom stereocenters. The van der Waals surface area contributed by atoms with Gasteiger partial charge in [0.05, 0.1) is 17.0 Å². The number of fused-ring (bicyclic) bond motifs is 1. The first-order chi connectivity index (χ1) is 12.5. The van der Waals surface area contributed by atoms with Crippen molar-refractivity contribution in [1.29, 1.82) is 5.26 Å². The van der Waals surface area contributed by atoms with Crippen molar-refractivity contribution in [2.75, 3.05) is 0 Å². The van der Waals surface area contributed by atoms with Gasteiger partial charge in [-0.25, -0.2) is 9.78 Å². The molecule has 0 saturated heterocycles. The second kappa shape index (κ2) is 7.07. The van der Waals surface area contributed by atoms with Crippen LogP contribution in [0.1, 0.15) is 21.7 Å². The molecule has 0 aliphatic carbocycles. The van der Waals surface area contributed by atoms with E-state index in [4.69, 9.17) is 10.00 Å². The van der Waals surface area contributed by atoms with Crippen LogP contribution in [0.3, 0.4) is 0 Å². The van der Waals surface area contributed by atoms with Gasteiger partial charge in [0.2, 0.25) is 0 Å². The number of hydrogen-bond donors (Lipinski definition) is 1. The Morgan fingerprint density at radius 3 is 2.81 bits per heavy atom. The molecule has 0 spiro atoms. The highest BCUT2D eigenvalue weighted by Gasteiger charge is 2.16. The Balaban J connectivity index is 1.94. The summed E-state index contributed by atoms with van der Waals surface area (Å²) in [5.41, 5.74) is 0.655. The summed E-state index contributed by atoms with van der Waals surface area (Å²) in [7, 11) is 0. The number of carbonyl (C=O) groups excluding carboxylic acids is 1. The maximum Gasteiger partial charge on any atom is 0.342 e. The number of nitrogens with zero attached hydrogens (tertiary/aromatic N) is 3. The summed E-state index contributed by atoms with van der Waals surface area (Å²) < 4.78 is 6.38. The van der Waals surface area contributed by atoms with E-state index in [-0.39, 0.29) is 35.8 Å². The van der Waals surface area contributed by atoms with Crippen molar-refractivity contribution >= 4 is 16.9 Å². The Kier molecular flexibility index (Phi) is 4.67. The van der Waals surface area contributed by atoms with Crippen LogP contribution in [0.25, 0.3) is 10.9 Å². The molecule has 26 heavy (non-hydrogen) atoms. The molecule has 130 valence electrons. The summed E-state index contributed by atoms with van der Waals surface area (Å²) in [6.07, 6.45) is 0. The van der Waals surface area contributed by atoms with Crippen LogP contribution in [-0.2, 0) is 17.9 Å². The minimum atomic E-state index is -0.739. The molecule has 2 aromatic carbocycles.